The lowest BCUT2D eigenvalue weighted by Gasteiger charge is -2.24. The van der Waals surface area contributed by atoms with Gasteiger partial charge in [-0.15, -0.1) is 11.3 Å². The zero-order chi connectivity index (χ0) is 17.5. The van der Waals surface area contributed by atoms with Crippen LogP contribution in [0.2, 0.25) is 5.02 Å². The fourth-order valence-corrected chi connectivity index (χ4v) is 5.68. The summed E-state index contributed by atoms with van der Waals surface area (Å²) < 4.78 is 66.0. The summed E-state index contributed by atoms with van der Waals surface area (Å²) in [5.41, 5.74) is -1.14. The van der Waals surface area contributed by atoms with Gasteiger partial charge in [0.15, 0.2) is 0 Å². The van der Waals surface area contributed by atoms with Crippen LogP contribution in [-0.2, 0) is 16.2 Å². The molecule has 3 rings (SSSR count). The van der Waals surface area contributed by atoms with Crippen LogP contribution in [0, 0.1) is 0 Å². The third-order valence-corrected chi connectivity index (χ3v) is 7.13. The van der Waals surface area contributed by atoms with Crippen molar-refractivity contribution in [2.75, 3.05) is 6.54 Å². The molecule has 1 aliphatic heterocycles. The normalized spacial score (nSPS) is 19.8. The van der Waals surface area contributed by atoms with Crippen LogP contribution in [0.15, 0.2) is 40.6 Å². The molecule has 1 aromatic carbocycles. The van der Waals surface area contributed by atoms with Gasteiger partial charge in [-0.25, -0.2) is 8.42 Å². The average molecular weight is 396 g/mol. The van der Waals surface area contributed by atoms with Gasteiger partial charge in [0.2, 0.25) is 10.0 Å². The maximum atomic E-state index is 13.0. The Morgan fingerprint density at radius 2 is 2.00 bits per heavy atom. The fraction of sp³-hybridized carbons (Fsp3) is 0.333. The second kappa shape index (κ2) is 6.33. The SMILES string of the molecule is O=S(=O)(c1ccc(Cl)c(C(F)(F)F)c1)N1CCC[C@H]1c1cccs1. The number of hydrogen-bond donors (Lipinski definition) is 0. The lowest BCUT2D eigenvalue weighted by atomic mass is 10.2. The van der Waals surface area contributed by atoms with E-state index in [1.165, 1.54) is 15.6 Å². The molecule has 0 spiro atoms. The average Bonchev–Trinajstić information content (AvgIpc) is 3.17. The monoisotopic (exact) mass is 395 g/mol. The molecule has 1 aromatic heterocycles. The second-order valence-electron chi connectivity index (χ2n) is 5.43. The number of thiophene rings is 1. The van der Waals surface area contributed by atoms with Crippen molar-refractivity contribution in [1.82, 2.24) is 4.31 Å². The Labute approximate surface area is 146 Å². The van der Waals surface area contributed by atoms with E-state index in [-0.39, 0.29) is 17.5 Å². The molecule has 130 valence electrons. The van der Waals surface area contributed by atoms with Crippen molar-refractivity contribution in [2.45, 2.75) is 30.0 Å². The Bertz CT molecular complexity index is 835. The van der Waals surface area contributed by atoms with Gasteiger partial charge in [0.05, 0.1) is 21.5 Å². The summed E-state index contributed by atoms with van der Waals surface area (Å²) in [6.45, 7) is 0.287. The quantitative estimate of drug-likeness (QED) is 0.737. The van der Waals surface area contributed by atoms with Crippen molar-refractivity contribution in [3.05, 3.63) is 51.2 Å². The van der Waals surface area contributed by atoms with E-state index >= 15 is 0 Å². The Morgan fingerprint density at radius 1 is 1.25 bits per heavy atom. The first-order valence-corrected chi connectivity index (χ1v) is 9.83. The van der Waals surface area contributed by atoms with E-state index in [9.17, 15) is 21.6 Å². The van der Waals surface area contributed by atoms with Gasteiger partial charge in [-0.05, 0) is 42.5 Å². The molecule has 24 heavy (non-hydrogen) atoms. The molecule has 1 saturated heterocycles. The van der Waals surface area contributed by atoms with Gasteiger partial charge in [0.25, 0.3) is 0 Å². The molecule has 0 aliphatic carbocycles. The van der Waals surface area contributed by atoms with E-state index in [0.717, 1.165) is 17.0 Å². The van der Waals surface area contributed by atoms with Crippen LogP contribution in [0.1, 0.15) is 29.3 Å². The van der Waals surface area contributed by atoms with Crippen molar-refractivity contribution in [1.29, 1.82) is 0 Å². The van der Waals surface area contributed by atoms with E-state index in [4.69, 9.17) is 11.6 Å². The Balaban J connectivity index is 2.02. The zero-order valence-corrected chi connectivity index (χ0v) is 14.6. The highest BCUT2D eigenvalue weighted by Gasteiger charge is 2.39. The maximum Gasteiger partial charge on any atom is 0.417 e. The molecule has 0 unspecified atom stereocenters. The third kappa shape index (κ3) is 3.20. The summed E-state index contributed by atoms with van der Waals surface area (Å²) in [7, 11) is -4.03. The molecule has 2 heterocycles. The largest absolute Gasteiger partial charge is 0.417 e. The zero-order valence-electron chi connectivity index (χ0n) is 12.3. The molecule has 1 atom stereocenters. The van der Waals surface area contributed by atoms with Gasteiger partial charge in [0.1, 0.15) is 0 Å². The van der Waals surface area contributed by atoms with Gasteiger partial charge < -0.3 is 0 Å². The predicted molar refractivity (Wildman–Crippen MR) is 86.6 cm³/mol. The van der Waals surface area contributed by atoms with Crippen LogP contribution in [0.25, 0.3) is 0 Å². The topological polar surface area (TPSA) is 37.4 Å². The van der Waals surface area contributed by atoms with Gasteiger partial charge in [-0.1, -0.05) is 17.7 Å². The molecular formula is C15H13ClF3NO2S2. The fourth-order valence-electron chi connectivity index (χ4n) is 2.81. The lowest BCUT2D eigenvalue weighted by molar-refractivity contribution is -0.137. The van der Waals surface area contributed by atoms with E-state index < -0.39 is 26.8 Å². The molecule has 1 fully saturated rings. The van der Waals surface area contributed by atoms with E-state index in [2.05, 4.69) is 0 Å². The van der Waals surface area contributed by atoms with Crippen molar-refractivity contribution < 1.29 is 21.6 Å². The van der Waals surface area contributed by atoms with Crippen molar-refractivity contribution in [2.24, 2.45) is 0 Å². The summed E-state index contributed by atoms with van der Waals surface area (Å²) >= 11 is 7.01. The molecule has 3 nitrogen and oxygen atoms in total. The number of rotatable bonds is 3. The minimum absolute atomic E-state index is 0.287. The standard InChI is InChI=1S/C15H13ClF3NO2S2/c16-12-6-5-10(9-11(12)15(17,18)19)24(21,22)20-7-1-3-13(20)14-4-2-8-23-14/h2,4-6,8-9,13H,1,3,7H2/t13-/m0/s1. The summed E-state index contributed by atoms with van der Waals surface area (Å²) in [5.74, 6) is 0. The number of nitrogens with zero attached hydrogens (tertiary/aromatic N) is 1. The molecule has 2 aromatic rings. The van der Waals surface area contributed by atoms with Gasteiger partial charge in [-0.2, -0.15) is 17.5 Å². The highest BCUT2D eigenvalue weighted by molar-refractivity contribution is 7.89. The van der Waals surface area contributed by atoms with E-state index in [1.54, 1.807) is 0 Å². The smallest absolute Gasteiger partial charge is 0.207 e. The highest BCUT2D eigenvalue weighted by Crippen LogP contribution is 2.40. The molecule has 0 bridgehead atoms. The van der Waals surface area contributed by atoms with E-state index in [1.807, 2.05) is 17.5 Å². The predicted octanol–water partition coefficient (Wildman–Crippen LogP) is 4.95. The van der Waals surface area contributed by atoms with Crippen LogP contribution in [-0.4, -0.2) is 19.3 Å². The summed E-state index contributed by atoms with van der Waals surface area (Å²) in [6, 6.07) is 6.05. The summed E-state index contributed by atoms with van der Waals surface area (Å²) in [5, 5.41) is 1.33. The summed E-state index contributed by atoms with van der Waals surface area (Å²) in [4.78, 5) is 0.503. The van der Waals surface area contributed by atoms with Crippen LogP contribution in [0.3, 0.4) is 0 Å². The lowest BCUT2D eigenvalue weighted by Crippen LogP contribution is -2.30. The van der Waals surface area contributed by atoms with Gasteiger partial charge >= 0.3 is 6.18 Å². The van der Waals surface area contributed by atoms with Crippen LogP contribution in [0.5, 0.6) is 0 Å². The Morgan fingerprint density at radius 3 is 2.62 bits per heavy atom. The van der Waals surface area contributed by atoms with Crippen molar-refractivity contribution in [3.63, 3.8) is 0 Å². The third-order valence-electron chi connectivity index (χ3n) is 3.93. The minimum Gasteiger partial charge on any atom is -0.207 e. The molecule has 9 heteroatoms. The molecule has 0 radical (unpaired) electrons. The van der Waals surface area contributed by atoms with Crippen molar-refractivity contribution >= 4 is 33.0 Å². The Kier molecular flexibility index (Phi) is 4.67. The molecule has 0 amide bonds. The van der Waals surface area contributed by atoms with Crippen LogP contribution in [0.4, 0.5) is 13.2 Å². The number of halogens is 4. The molecular weight excluding hydrogens is 383 g/mol. The molecule has 0 saturated carbocycles. The van der Waals surface area contributed by atoms with Crippen molar-refractivity contribution in [3.8, 4) is 0 Å². The number of hydrogen-bond acceptors (Lipinski definition) is 3. The first-order chi connectivity index (χ1) is 11.2. The van der Waals surface area contributed by atoms with E-state index in [0.29, 0.717) is 18.9 Å². The number of sulfonamides is 1. The molecule has 0 N–H and O–H groups in total. The van der Waals surface area contributed by atoms with Gasteiger partial charge in [-0.3, -0.25) is 0 Å². The first-order valence-electron chi connectivity index (χ1n) is 7.13. The molecule has 1 aliphatic rings. The number of alkyl halides is 3. The minimum atomic E-state index is -4.71. The Hall–Kier alpha value is -1.09. The maximum absolute atomic E-state index is 13.0. The number of benzene rings is 1. The second-order valence-corrected chi connectivity index (χ2v) is 8.71. The van der Waals surface area contributed by atoms with Crippen LogP contribution < -0.4 is 0 Å². The van der Waals surface area contributed by atoms with Crippen LogP contribution >= 0.6 is 22.9 Å². The summed E-state index contributed by atoms with van der Waals surface area (Å²) in [6.07, 6.45) is -3.39. The van der Waals surface area contributed by atoms with Gasteiger partial charge in [0, 0.05) is 11.4 Å². The first kappa shape index (κ1) is 17.7. The highest BCUT2D eigenvalue weighted by atomic mass is 35.5.